The van der Waals surface area contributed by atoms with Crippen LogP contribution in [0.25, 0.3) is 10.2 Å². The Kier molecular flexibility index (Phi) is 6.71. The molecule has 8 nitrogen and oxygen atoms in total. The maximum Gasteiger partial charge on any atom is 0.252 e. The lowest BCUT2D eigenvalue weighted by Gasteiger charge is -2.35. The molecule has 1 saturated heterocycles. The Balaban J connectivity index is 1.24. The first-order valence-corrected chi connectivity index (χ1v) is 11.4. The third-order valence-electron chi connectivity index (χ3n) is 5.42. The van der Waals surface area contributed by atoms with Gasteiger partial charge in [-0.25, -0.2) is 9.97 Å². The highest BCUT2D eigenvalue weighted by molar-refractivity contribution is 7.18. The van der Waals surface area contributed by atoms with Gasteiger partial charge in [0.15, 0.2) is 0 Å². The lowest BCUT2D eigenvalue weighted by Crippen LogP contribution is -2.49. The lowest BCUT2D eigenvalue weighted by molar-refractivity contribution is -0.131. The molecule has 0 unspecified atom stereocenters. The fraction of sp³-hybridized carbons (Fsp3) is 0.409. The Hall–Kier alpha value is -3.07. The molecule has 0 spiro atoms. The van der Waals surface area contributed by atoms with Crippen molar-refractivity contribution in [1.82, 2.24) is 25.2 Å². The maximum absolute atomic E-state index is 12.6. The molecule has 4 heterocycles. The van der Waals surface area contributed by atoms with E-state index in [9.17, 15) is 9.59 Å². The first-order valence-electron chi connectivity index (χ1n) is 10.6. The van der Waals surface area contributed by atoms with Crippen molar-refractivity contribution in [1.29, 1.82) is 0 Å². The van der Waals surface area contributed by atoms with E-state index in [1.54, 1.807) is 36.0 Å². The van der Waals surface area contributed by atoms with Crippen LogP contribution in [0.5, 0.6) is 0 Å². The zero-order chi connectivity index (χ0) is 21.6. The molecule has 9 heteroatoms. The normalized spacial score (nSPS) is 14.1. The van der Waals surface area contributed by atoms with E-state index in [0.29, 0.717) is 38.0 Å². The van der Waals surface area contributed by atoms with Gasteiger partial charge in [-0.05, 0) is 31.0 Å². The molecular weight excluding hydrogens is 412 g/mol. The monoisotopic (exact) mass is 438 g/mol. The van der Waals surface area contributed by atoms with Crippen LogP contribution in [0.2, 0.25) is 0 Å². The molecule has 0 atom stereocenters. The number of hydrogen-bond donors (Lipinski definition) is 1. The van der Waals surface area contributed by atoms with Crippen molar-refractivity contribution in [3.05, 3.63) is 47.4 Å². The molecule has 4 rings (SSSR count). The van der Waals surface area contributed by atoms with E-state index < -0.39 is 0 Å². The van der Waals surface area contributed by atoms with Gasteiger partial charge in [0.2, 0.25) is 5.91 Å². The highest BCUT2D eigenvalue weighted by atomic mass is 32.1. The summed E-state index contributed by atoms with van der Waals surface area (Å²) < 4.78 is 0. The molecule has 3 aromatic heterocycles. The van der Waals surface area contributed by atoms with E-state index in [2.05, 4.69) is 38.2 Å². The summed E-state index contributed by atoms with van der Waals surface area (Å²) in [6, 6.07) is 5.63. The second kappa shape index (κ2) is 9.82. The number of nitrogens with one attached hydrogen (secondary N) is 1. The second-order valence-electron chi connectivity index (χ2n) is 7.45. The van der Waals surface area contributed by atoms with Crippen molar-refractivity contribution < 1.29 is 9.59 Å². The molecule has 1 aliphatic heterocycles. The molecule has 3 aromatic rings. The topological polar surface area (TPSA) is 91.3 Å². The number of piperazine rings is 1. The molecule has 2 amide bonds. The Bertz CT molecular complexity index is 1050. The minimum atomic E-state index is -0.162. The number of pyridine rings is 1. The number of carbonyl (C=O) groups is 2. The number of rotatable bonds is 7. The van der Waals surface area contributed by atoms with E-state index in [0.717, 1.165) is 35.5 Å². The first-order chi connectivity index (χ1) is 15.2. The molecule has 31 heavy (non-hydrogen) atoms. The van der Waals surface area contributed by atoms with Crippen LogP contribution in [0, 0.1) is 0 Å². The van der Waals surface area contributed by atoms with E-state index in [-0.39, 0.29) is 11.8 Å². The average molecular weight is 439 g/mol. The highest BCUT2D eigenvalue weighted by Gasteiger charge is 2.23. The summed E-state index contributed by atoms with van der Waals surface area (Å²) >= 11 is 1.72. The number of amides is 2. The van der Waals surface area contributed by atoms with Gasteiger partial charge in [0.05, 0.1) is 10.9 Å². The fourth-order valence-corrected chi connectivity index (χ4v) is 4.62. The number of aromatic nitrogens is 3. The van der Waals surface area contributed by atoms with E-state index in [1.165, 1.54) is 11.1 Å². The van der Waals surface area contributed by atoms with Crippen LogP contribution < -0.4 is 10.2 Å². The van der Waals surface area contributed by atoms with Gasteiger partial charge in [-0.15, -0.1) is 11.3 Å². The van der Waals surface area contributed by atoms with Crippen molar-refractivity contribution in [3.8, 4) is 0 Å². The summed E-state index contributed by atoms with van der Waals surface area (Å²) in [6.07, 6.45) is 6.83. The lowest BCUT2D eigenvalue weighted by atomic mass is 10.2. The molecule has 1 aliphatic rings. The summed E-state index contributed by atoms with van der Waals surface area (Å²) in [7, 11) is 0. The predicted octanol–water partition coefficient (Wildman–Crippen LogP) is 2.51. The van der Waals surface area contributed by atoms with E-state index >= 15 is 0 Å². The highest BCUT2D eigenvalue weighted by Crippen LogP contribution is 2.30. The number of fused-ring (bicyclic) bond motifs is 1. The van der Waals surface area contributed by atoms with Gasteiger partial charge in [-0.3, -0.25) is 14.6 Å². The van der Waals surface area contributed by atoms with E-state index in [4.69, 9.17) is 0 Å². The largest absolute Gasteiger partial charge is 0.352 e. The van der Waals surface area contributed by atoms with Gasteiger partial charge in [0, 0.05) is 56.4 Å². The van der Waals surface area contributed by atoms with Crippen LogP contribution >= 0.6 is 11.3 Å². The van der Waals surface area contributed by atoms with Crippen LogP contribution in [0.15, 0.2) is 36.9 Å². The number of nitrogens with zero attached hydrogens (tertiary/aromatic N) is 5. The number of aryl methyl sites for hydroxylation is 1. The second-order valence-corrected chi connectivity index (χ2v) is 8.57. The molecule has 162 valence electrons. The van der Waals surface area contributed by atoms with Gasteiger partial charge in [0.1, 0.15) is 17.0 Å². The van der Waals surface area contributed by atoms with Crippen molar-refractivity contribution in [2.75, 3.05) is 37.6 Å². The molecule has 0 saturated carbocycles. The summed E-state index contributed by atoms with van der Waals surface area (Å²) in [4.78, 5) is 43.9. The minimum absolute atomic E-state index is 0.131. The average Bonchev–Trinajstić information content (AvgIpc) is 3.26. The zero-order valence-electron chi connectivity index (χ0n) is 17.6. The third-order valence-corrected chi connectivity index (χ3v) is 6.60. The molecular formula is C22H26N6O2S. The quantitative estimate of drug-likeness (QED) is 0.570. The Labute approximate surface area is 185 Å². The first kappa shape index (κ1) is 21.2. The van der Waals surface area contributed by atoms with E-state index in [1.807, 2.05) is 4.90 Å². The van der Waals surface area contributed by atoms with Crippen LogP contribution in [0.1, 0.15) is 35.0 Å². The number of hydrogen-bond acceptors (Lipinski definition) is 7. The van der Waals surface area contributed by atoms with Crippen molar-refractivity contribution in [2.24, 2.45) is 0 Å². The predicted molar refractivity (Wildman–Crippen MR) is 121 cm³/mol. The van der Waals surface area contributed by atoms with Crippen LogP contribution in [0.4, 0.5) is 5.82 Å². The van der Waals surface area contributed by atoms with Gasteiger partial charge in [-0.1, -0.05) is 6.92 Å². The number of carbonyl (C=O) groups excluding carboxylic acids is 2. The molecule has 0 bridgehead atoms. The Morgan fingerprint density at radius 2 is 2.03 bits per heavy atom. The molecule has 0 aromatic carbocycles. The van der Waals surface area contributed by atoms with Gasteiger partial charge < -0.3 is 15.1 Å². The summed E-state index contributed by atoms with van der Waals surface area (Å²) in [5.41, 5.74) is 0.528. The molecule has 1 N–H and O–H groups in total. The Morgan fingerprint density at radius 3 is 2.77 bits per heavy atom. The standard InChI is InChI=1S/C22H26N6O2S/c1-2-17-13-18-20(25-15-26-22(18)31-17)28-11-9-27(10-12-28)19(29)6-4-8-24-21(30)16-5-3-7-23-14-16/h3,5,7,13-15H,2,4,6,8-12H2,1H3,(H,24,30). The third kappa shape index (κ3) is 4.99. The van der Waals surface area contributed by atoms with Gasteiger partial charge in [0.25, 0.3) is 5.91 Å². The molecule has 0 aliphatic carbocycles. The van der Waals surface area contributed by atoms with Gasteiger partial charge in [-0.2, -0.15) is 0 Å². The van der Waals surface area contributed by atoms with Crippen molar-refractivity contribution >= 4 is 39.2 Å². The zero-order valence-corrected chi connectivity index (χ0v) is 18.4. The van der Waals surface area contributed by atoms with Crippen LogP contribution in [0.3, 0.4) is 0 Å². The van der Waals surface area contributed by atoms with Crippen LogP contribution in [-0.4, -0.2) is 64.4 Å². The molecule has 0 radical (unpaired) electrons. The van der Waals surface area contributed by atoms with Crippen LogP contribution in [-0.2, 0) is 11.2 Å². The van der Waals surface area contributed by atoms with Crippen molar-refractivity contribution in [2.45, 2.75) is 26.2 Å². The van der Waals surface area contributed by atoms with Gasteiger partial charge >= 0.3 is 0 Å². The molecule has 1 fully saturated rings. The Morgan fingerprint density at radius 1 is 1.19 bits per heavy atom. The smallest absolute Gasteiger partial charge is 0.252 e. The summed E-state index contributed by atoms with van der Waals surface area (Å²) in [6.45, 7) is 5.48. The number of thiophene rings is 1. The fourth-order valence-electron chi connectivity index (χ4n) is 3.69. The summed E-state index contributed by atoms with van der Waals surface area (Å²) in [5, 5.41) is 3.94. The minimum Gasteiger partial charge on any atom is -0.352 e. The maximum atomic E-state index is 12.6. The number of anilines is 1. The van der Waals surface area contributed by atoms with Crippen molar-refractivity contribution in [3.63, 3.8) is 0 Å². The summed E-state index contributed by atoms with van der Waals surface area (Å²) in [5.74, 6) is 0.933. The SMILES string of the molecule is CCc1cc2c(N3CCN(C(=O)CCCNC(=O)c4cccnc4)CC3)ncnc2s1.